The first kappa shape index (κ1) is 20.4. The third kappa shape index (κ3) is 3.80. The van der Waals surface area contributed by atoms with Gasteiger partial charge in [0.2, 0.25) is 5.78 Å². The number of pyridine rings is 1. The fourth-order valence-corrected chi connectivity index (χ4v) is 3.28. The van der Waals surface area contributed by atoms with Gasteiger partial charge < -0.3 is 34.6 Å². The number of methoxy groups -OCH3 is 1. The molecular weight excluding hydrogens is 376 g/mol. The molecule has 8 heteroatoms. The van der Waals surface area contributed by atoms with E-state index in [-0.39, 0.29) is 29.1 Å². The maximum absolute atomic E-state index is 13.2. The molecule has 3 aromatic rings. The van der Waals surface area contributed by atoms with Gasteiger partial charge in [-0.05, 0) is 37.3 Å². The maximum atomic E-state index is 13.2. The van der Waals surface area contributed by atoms with Gasteiger partial charge in [0.05, 0.1) is 31.3 Å². The fraction of sp³-hybridized carbons (Fsp3) is 0.238. The van der Waals surface area contributed by atoms with Gasteiger partial charge in [-0.1, -0.05) is 6.07 Å². The number of nitrogens with zero attached hydrogens (tertiary/aromatic N) is 1. The minimum absolute atomic E-state index is 0.0519. The standard InChI is InChI=1S/C21H22N2O6/c1-12-18(23-8-4-3-5-17(23)20(12)29-2)19(26)13-6-7-16(15(9-13)21(27)28)22-10-14(25)11-24/h3-9,14,22,24-25H,10-11H2,1-2H3,(H,27,28)/p-1. The molecule has 0 aliphatic rings. The Labute approximate surface area is 167 Å². The highest BCUT2D eigenvalue weighted by atomic mass is 16.5. The Morgan fingerprint density at radius 1 is 1.28 bits per heavy atom. The number of benzene rings is 1. The monoisotopic (exact) mass is 397 g/mol. The molecule has 0 amide bonds. The summed E-state index contributed by atoms with van der Waals surface area (Å²) in [5.74, 6) is -1.25. The molecule has 2 aromatic heterocycles. The highest BCUT2D eigenvalue weighted by Gasteiger charge is 2.23. The fourth-order valence-electron chi connectivity index (χ4n) is 3.28. The first-order chi connectivity index (χ1) is 13.9. The Hall–Kier alpha value is -3.36. The van der Waals surface area contributed by atoms with E-state index in [9.17, 15) is 19.8 Å². The van der Waals surface area contributed by atoms with Crippen LogP contribution in [0, 0.1) is 6.92 Å². The summed E-state index contributed by atoms with van der Waals surface area (Å²) < 4.78 is 7.15. The molecule has 0 spiro atoms. The molecule has 0 saturated carbocycles. The number of aliphatic hydroxyl groups excluding tert-OH is 2. The molecule has 3 N–H and O–H groups in total. The summed E-state index contributed by atoms with van der Waals surface area (Å²) in [6, 6.07) is 9.62. The summed E-state index contributed by atoms with van der Waals surface area (Å²) in [6.45, 7) is 1.25. The van der Waals surface area contributed by atoms with E-state index < -0.39 is 18.7 Å². The number of aromatic nitrogens is 1. The van der Waals surface area contributed by atoms with Crippen LogP contribution in [0.4, 0.5) is 5.69 Å². The molecule has 8 nitrogen and oxygen atoms in total. The van der Waals surface area contributed by atoms with Gasteiger partial charge in [0.15, 0.2) is 0 Å². The maximum Gasteiger partial charge on any atom is 0.210 e. The Morgan fingerprint density at radius 3 is 2.69 bits per heavy atom. The van der Waals surface area contributed by atoms with Crippen LogP contribution < -0.4 is 15.2 Å². The molecule has 0 aliphatic carbocycles. The second-order valence-corrected chi connectivity index (χ2v) is 6.56. The smallest absolute Gasteiger partial charge is 0.210 e. The lowest BCUT2D eigenvalue weighted by atomic mass is 10.0. The van der Waals surface area contributed by atoms with Gasteiger partial charge in [-0.25, -0.2) is 0 Å². The van der Waals surface area contributed by atoms with E-state index in [1.165, 1.54) is 25.3 Å². The van der Waals surface area contributed by atoms with Crippen LogP contribution in [0.5, 0.6) is 5.75 Å². The van der Waals surface area contributed by atoms with E-state index in [1.807, 2.05) is 12.1 Å². The van der Waals surface area contributed by atoms with E-state index in [1.54, 1.807) is 23.6 Å². The summed E-state index contributed by atoms with van der Waals surface area (Å²) in [6.07, 6.45) is 0.692. The first-order valence-corrected chi connectivity index (χ1v) is 8.95. The van der Waals surface area contributed by atoms with Crippen molar-refractivity contribution >= 4 is 23.0 Å². The quantitative estimate of drug-likeness (QED) is 0.476. The Bertz CT molecular complexity index is 1070. The molecule has 0 radical (unpaired) electrons. The molecule has 2 heterocycles. The Balaban J connectivity index is 2.04. The lowest BCUT2D eigenvalue weighted by Crippen LogP contribution is -2.27. The Kier molecular flexibility index (Phi) is 5.86. The summed E-state index contributed by atoms with van der Waals surface area (Å²) in [7, 11) is 1.53. The van der Waals surface area contributed by atoms with Crippen LogP contribution >= 0.6 is 0 Å². The van der Waals surface area contributed by atoms with E-state index in [0.717, 1.165) is 5.52 Å². The van der Waals surface area contributed by atoms with Crippen molar-refractivity contribution in [1.82, 2.24) is 4.40 Å². The molecule has 0 bridgehead atoms. The van der Waals surface area contributed by atoms with Crippen LogP contribution in [-0.4, -0.2) is 52.7 Å². The minimum Gasteiger partial charge on any atom is -0.545 e. The normalized spacial score (nSPS) is 12.0. The average molecular weight is 397 g/mol. The largest absolute Gasteiger partial charge is 0.545 e. The van der Waals surface area contributed by atoms with Crippen LogP contribution in [-0.2, 0) is 0 Å². The van der Waals surface area contributed by atoms with Crippen molar-refractivity contribution in [2.75, 3.05) is 25.6 Å². The number of anilines is 1. The minimum atomic E-state index is -1.46. The number of carbonyl (C=O) groups is 2. The van der Waals surface area contributed by atoms with Crippen molar-refractivity contribution in [1.29, 1.82) is 0 Å². The molecular formula is C21H21N2O6-. The molecule has 0 aliphatic heterocycles. The SMILES string of the molecule is COc1c(C)c(C(=O)c2ccc(NCC(O)CO)c(C(=O)[O-])c2)n2ccccc12. The van der Waals surface area contributed by atoms with E-state index in [0.29, 0.717) is 17.0 Å². The highest BCUT2D eigenvalue weighted by Crippen LogP contribution is 2.32. The van der Waals surface area contributed by atoms with Crippen LogP contribution in [0.2, 0.25) is 0 Å². The second kappa shape index (κ2) is 8.34. The number of hydrogen-bond donors (Lipinski definition) is 3. The van der Waals surface area contributed by atoms with Gasteiger partial charge in [-0.2, -0.15) is 0 Å². The summed E-state index contributed by atoms with van der Waals surface area (Å²) in [5, 5.41) is 32.7. The van der Waals surface area contributed by atoms with E-state index in [4.69, 9.17) is 9.84 Å². The molecule has 0 fully saturated rings. The van der Waals surface area contributed by atoms with Crippen LogP contribution in [0.3, 0.4) is 0 Å². The molecule has 1 unspecified atom stereocenters. The molecule has 1 aromatic carbocycles. The molecule has 152 valence electrons. The zero-order valence-electron chi connectivity index (χ0n) is 16.0. The number of carboxylic acids is 1. The first-order valence-electron chi connectivity index (χ1n) is 8.95. The number of fused-ring (bicyclic) bond motifs is 1. The lowest BCUT2D eigenvalue weighted by molar-refractivity contribution is -0.254. The highest BCUT2D eigenvalue weighted by molar-refractivity contribution is 6.11. The number of aromatic carboxylic acids is 1. The number of aliphatic hydroxyl groups is 2. The van der Waals surface area contributed by atoms with Gasteiger partial charge in [-0.15, -0.1) is 0 Å². The topological polar surface area (TPSA) is 123 Å². The van der Waals surface area contributed by atoms with Crippen molar-refractivity contribution in [2.45, 2.75) is 13.0 Å². The predicted octanol–water partition coefficient (Wildman–Crippen LogP) is 0.616. The number of carboxylic acid groups (broad SMARTS) is 1. The van der Waals surface area contributed by atoms with Gasteiger partial charge in [0, 0.05) is 35.1 Å². The molecule has 29 heavy (non-hydrogen) atoms. The van der Waals surface area contributed by atoms with Gasteiger partial charge in [-0.3, -0.25) is 4.79 Å². The summed E-state index contributed by atoms with van der Waals surface area (Å²) in [4.78, 5) is 24.8. The molecule has 3 rings (SSSR count). The van der Waals surface area contributed by atoms with Crippen molar-refractivity contribution in [3.63, 3.8) is 0 Å². The van der Waals surface area contributed by atoms with Gasteiger partial charge in [0.1, 0.15) is 11.4 Å². The van der Waals surface area contributed by atoms with Crippen molar-refractivity contribution in [3.8, 4) is 5.75 Å². The number of carbonyl (C=O) groups excluding carboxylic acids is 2. The second-order valence-electron chi connectivity index (χ2n) is 6.56. The predicted molar refractivity (Wildman–Crippen MR) is 104 cm³/mol. The van der Waals surface area contributed by atoms with Gasteiger partial charge in [0.25, 0.3) is 0 Å². The van der Waals surface area contributed by atoms with Crippen molar-refractivity contribution in [3.05, 3.63) is 65.0 Å². The van der Waals surface area contributed by atoms with E-state index >= 15 is 0 Å². The van der Waals surface area contributed by atoms with Crippen LogP contribution in [0.15, 0.2) is 42.6 Å². The number of hydrogen-bond acceptors (Lipinski definition) is 7. The number of rotatable bonds is 8. The number of nitrogens with one attached hydrogen (secondary N) is 1. The zero-order valence-corrected chi connectivity index (χ0v) is 16.0. The summed E-state index contributed by atoms with van der Waals surface area (Å²) in [5.41, 5.74) is 1.89. The van der Waals surface area contributed by atoms with Gasteiger partial charge >= 0.3 is 0 Å². The number of ether oxygens (including phenoxy) is 1. The average Bonchev–Trinajstić information content (AvgIpc) is 3.02. The third-order valence-corrected chi connectivity index (χ3v) is 4.69. The lowest BCUT2D eigenvalue weighted by Gasteiger charge is -2.16. The van der Waals surface area contributed by atoms with E-state index in [2.05, 4.69) is 5.32 Å². The zero-order chi connectivity index (χ0) is 21.1. The van der Waals surface area contributed by atoms with Crippen molar-refractivity contribution in [2.24, 2.45) is 0 Å². The summed E-state index contributed by atoms with van der Waals surface area (Å²) >= 11 is 0. The molecule has 1 atom stereocenters. The molecule has 0 saturated heterocycles. The van der Waals surface area contributed by atoms with Crippen LogP contribution in [0.25, 0.3) is 5.52 Å². The Morgan fingerprint density at radius 2 is 2.03 bits per heavy atom. The third-order valence-electron chi connectivity index (χ3n) is 4.69. The van der Waals surface area contributed by atoms with Crippen LogP contribution in [0.1, 0.15) is 32.0 Å². The van der Waals surface area contributed by atoms with Crippen molar-refractivity contribution < 1.29 is 29.6 Å². The number of ketones is 1.